The second-order valence-electron chi connectivity index (χ2n) is 7.57. The van der Waals surface area contributed by atoms with Gasteiger partial charge < -0.3 is 34.3 Å². The van der Waals surface area contributed by atoms with Crippen LogP contribution in [0.3, 0.4) is 0 Å². The van der Waals surface area contributed by atoms with Crippen LogP contribution in [-0.2, 0) is 30.2 Å². The number of rotatable bonds is 12. The van der Waals surface area contributed by atoms with E-state index in [1.807, 2.05) is 0 Å². The zero-order valence-corrected chi connectivity index (χ0v) is 21.1. The molecule has 3 N–H and O–H groups in total. The molecule has 0 fully saturated rings. The Morgan fingerprint density at radius 3 is 2.33 bits per heavy atom. The number of methoxy groups -OCH3 is 2. The van der Waals surface area contributed by atoms with Crippen molar-refractivity contribution in [3.8, 4) is 5.75 Å². The van der Waals surface area contributed by atoms with Crippen molar-refractivity contribution in [3.05, 3.63) is 65.2 Å². The summed E-state index contributed by atoms with van der Waals surface area (Å²) in [5.41, 5.74) is 0.606. The molecule has 0 saturated carbocycles. The molecular formula is C24H30NO10P. The predicted octanol–water partition coefficient (Wildman–Crippen LogP) is 2.99. The summed E-state index contributed by atoms with van der Waals surface area (Å²) < 4.78 is 33.0. The first-order valence-corrected chi connectivity index (χ1v) is 12.9. The van der Waals surface area contributed by atoms with Crippen molar-refractivity contribution >= 4 is 25.4 Å². The van der Waals surface area contributed by atoms with Gasteiger partial charge in [-0.2, -0.15) is 0 Å². The minimum absolute atomic E-state index is 0.0221. The summed E-state index contributed by atoms with van der Waals surface area (Å²) >= 11 is 0. The summed E-state index contributed by atoms with van der Waals surface area (Å²) in [5.74, 6) is -3.63. The zero-order chi connectivity index (χ0) is 26.7. The van der Waals surface area contributed by atoms with Crippen LogP contribution in [0.2, 0.25) is 0 Å². The highest BCUT2D eigenvalue weighted by Crippen LogP contribution is 2.56. The number of carbonyl (C=O) groups is 3. The van der Waals surface area contributed by atoms with E-state index in [1.54, 1.807) is 37.3 Å². The molecule has 11 nitrogen and oxygen atoms in total. The molecule has 3 atom stereocenters. The molecule has 196 valence electrons. The number of amides is 1. The first-order chi connectivity index (χ1) is 17.1. The molecule has 0 aliphatic carbocycles. The molecule has 12 heteroatoms. The molecule has 0 heterocycles. The van der Waals surface area contributed by atoms with Crippen LogP contribution >= 0.6 is 7.37 Å². The summed E-state index contributed by atoms with van der Waals surface area (Å²) in [6.07, 6.45) is -1.83. The van der Waals surface area contributed by atoms with E-state index >= 15 is 0 Å². The molecular weight excluding hydrogens is 493 g/mol. The molecule has 2 aromatic carbocycles. The van der Waals surface area contributed by atoms with Crippen molar-refractivity contribution < 1.29 is 47.9 Å². The second kappa shape index (κ2) is 13.6. The van der Waals surface area contributed by atoms with Gasteiger partial charge >= 0.3 is 18.0 Å². The summed E-state index contributed by atoms with van der Waals surface area (Å²) in [4.78, 5) is 47.2. The van der Waals surface area contributed by atoms with E-state index < -0.39 is 43.4 Å². The van der Waals surface area contributed by atoms with Crippen LogP contribution in [-0.4, -0.2) is 61.1 Å². The maximum absolute atomic E-state index is 13.0. The van der Waals surface area contributed by atoms with E-state index in [4.69, 9.17) is 14.2 Å². The normalized spacial score (nSPS) is 14.0. The van der Waals surface area contributed by atoms with Crippen LogP contribution in [0.1, 0.15) is 40.7 Å². The lowest BCUT2D eigenvalue weighted by atomic mass is 10.1. The monoisotopic (exact) mass is 523 g/mol. The maximum atomic E-state index is 13.0. The van der Waals surface area contributed by atoms with E-state index in [9.17, 15) is 28.9 Å². The van der Waals surface area contributed by atoms with Crippen LogP contribution in [0.5, 0.6) is 5.75 Å². The number of alkyl carbamates (subject to hydrolysis) is 1. The Kier molecular flexibility index (Phi) is 10.9. The first-order valence-electron chi connectivity index (χ1n) is 11.0. The summed E-state index contributed by atoms with van der Waals surface area (Å²) in [6.45, 7) is 1.67. The minimum Gasteiger partial charge on any atom is -0.495 e. The van der Waals surface area contributed by atoms with E-state index in [0.29, 0.717) is 0 Å². The van der Waals surface area contributed by atoms with Gasteiger partial charge in [-0.05, 0) is 25.0 Å². The lowest BCUT2D eigenvalue weighted by molar-refractivity contribution is -0.143. The average molecular weight is 523 g/mol. The fourth-order valence-electron chi connectivity index (χ4n) is 3.31. The molecule has 0 bridgehead atoms. The fourth-order valence-corrected chi connectivity index (χ4v) is 4.82. The van der Waals surface area contributed by atoms with Crippen molar-refractivity contribution in [2.24, 2.45) is 0 Å². The smallest absolute Gasteiger partial charge is 0.408 e. The van der Waals surface area contributed by atoms with Crippen LogP contribution in [0.15, 0.2) is 48.5 Å². The Morgan fingerprint density at radius 2 is 1.72 bits per heavy atom. The molecule has 1 amide bonds. The maximum Gasteiger partial charge on any atom is 0.408 e. The number of aliphatic hydroxyl groups excluding tert-OH is 1. The number of nitrogens with one attached hydrogen (secondary N) is 1. The van der Waals surface area contributed by atoms with E-state index in [2.05, 4.69) is 10.1 Å². The van der Waals surface area contributed by atoms with Crippen LogP contribution < -0.4 is 10.1 Å². The SMILES string of the molecule is CCOC(=O)c1cccc(C(O)P(=O)(O)CC[C@H](NC(=O)OCc2ccccc2)C(=O)OC)c1OC. The lowest BCUT2D eigenvalue weighted by Crippen LogP contribution is -2.42. The highest BCUT2D eigenvalue weighted by atomic mass is 31.2. The molecule has 2 rings (SSSR count). The first kappa shape index (κ1) is 28.8. The van der Waals surface area contributed by atoms with Crippen LogP contribution in [0, 0.1) is 0 Å². The van der Waals surface area contributed by atoms with Gasteiger partial charge in [-0.1, -0.05) is 42.5 Å². The number of carbonyl (C=O) groups excluding carboxylic acids is 3. The van der Waals surface area contributed by atoms with Crippen molar-refractivity contribution in [2.75, 3.05) is 27.0 Å². The van der Waals surface area contributed by atoms with Gasteiger partial charge in [0.1, 0.15) is 24.0 Å². The highest BCUT2D eigenvalue weighted by Gasteiger charge is 2.36. The van der Waals surface area contributed by atoms with Gasteiger partial charge in [-0.3, -0.25) is 4.57 Å². The summed E-state index contributed by atoms with van der Waals surface area (Å²) in [7, 11) is -2.05. The second-order valence-corrected chi connectivity index (χ2v) is 10.0. The molecule has 0 aromatic heterocycles. The molecule has 0 saturated heterocycles. The number of ether oxygens (including phenoxy) is 4. The number of esters is 2. The minimum atomic E-state index is -4.40. The van der Waals surface area contributed by atoms with Crippen molar-refractivity contribution in [2.45, 2.75) is 31.8 Å². The van der Waals surface area contributed by atoms with Crippen LogP contribution in [0.25, 0.3) is 0 Å². The van der Waals surface area contributed by atoms with Crippen molar-refractivity contribution in [1.29, 1.82) is 0 Å². The van der Waals surface area contributed by atoms with Gasteiger partial charge in [0.25, 0.3) is 0 Å². The standard InChI is InChI=1S/C24H30NO10P/c1-4-34-21(26)17-11-8-12-18(20(17)32-2)23(28)36(30,31)14-13-19(22(27)33-3)25-24(29)35-15-16-9-6-5-7-10-16/h5-12,19,23,28H,4,13-15H2,1-3H3,(H,25,29)(H,30,31)/t19-,23?/m0/s1. The van der Waals surface area contributed by atoms with Gasteiger partial charge in [0.05, 0.1) is 20.8 Å². The Morgan fingerprint density at radius 1 is 1.03 bits per heavy atom. The third-order valence-corrected chi connectivity index (χ3v) is 7.08. The number of para-hydroxylation sites is 1. The average Bonchev–Trinajstić information content (AvgIpc) is 2.89. The Balaban J connectivity index is 2.12. The quantitative estimate of drug-likeness (QED) is 0.215. The van der Waals surface area contributed by atoms with E-state index in [0.717, 1.165) is 12.7 Å². The summed E-state index contributed by atoms with van der Waals surface area (Å²) in [6, 6.07) is 11.7. The largest absolute Gasteiger partial charge is 0.495 e. The molecule has 0 spiro atoms. The molecule has 0 aliphatic heterocycles. The van der Waals surface area contributed by atoms with Crippen molar-refractivity contribution in [1.82, 2.24) is 5.32 Å². The Bertz CT molecular complexity index is 1090. The number of benzene rings is 2. The highest BCUT2D eigenvalue weighted by molar-refractivity contribution is 7.58. The Labute approximate surface area is 208 Å². The van der Waals surface area contributed by atoms with E-state index in [-0.39, 0.29) is 36.5 Å². The van der Waals surface area contributed by atoms with Gasteiger partial charge in [-0.15, -0.1) is 0 Å². The fraction of sp³-hybridized carbons (Fsp3) is 0.375. The predicted molar refractivity (Wildman–Crippen MR) is 129 cm³/mol. The van der Waals surface area contributed by atoms with Crippen LogP contribution in [0.4, 0.5) is 4.79 Å². The third kappa shape index (κ3) is 7.81. The van der Waals surface area contributed by atoms with Gasteiger partial charge in [0.15, 0.2) is 5.85 Å². The van der Waals surface area contributed by atoms with Gasteiger partial charge in [0, 0.05) is 11.7 Å². The Hall–Kier alpha value is -3.40. The van der Waals surface area contributed by atoms with Gasteiger partial charge in [-0.25, -0.2) is 14.4 Å². The molecule has 2 aromatic rings. The number of hydrogen-bond acceptors (Lipinski definition) is 9. The number of aliphatic hydroxyl groups is 1. The van der Waals surface area contributed by atoms with Gasteiger partial charge in [0.2, 0.25) is 7.37 Å². The lowest BCUT2D eigenvalue weighted by Gasteiger charge is -2.23. The molecule has 0 aliphatic rings. The summed E-state index contributed by atoms with van der Waals surface area (Å²) in [5, 5.41) is 13.0. The molecule has 2 unspecified atom stereocenters. The van der Waals surface area contributed by atoms with Crippen molar-refractivity contribution in [3.63, 3.8) is 0 Å². The third-order valence-electron chi connectivity index (χ3n) is 5.13. The van der Waals surface area contributed by atoms with E-state index in [1.165, 1.54) is 25.3 Å². The zero-order valence-electron chi connectivity index (χ0n) is 20.2. The number of hydrogen-bond donors (Lipinski definition) is 3. The molecule has 0 radical (unpaired) electrons. The molecule has 36 heavy (non-hydrogen) atoms. The topological polar surface area (TPSA) is 158 Å².